The van der Waals surface area contributed by atoms with Crippen molar-refractivity contribution in [1.29, 1.82) is 0 Å². The summed E-state index contributed by atoms with van der Waals surface area (Å²) in [5, 5.41) is 5.02. The number of nitrogens with zero attached hydrogens (tertiary/aromatic N) is 2. The Bertz CT molecular complexity index is 576. The molecule has 2 amide bonds. The lowest BCUT2D eigenvalue weighted by Gasteiger charge is -2.06. The van der Waals surface area contributed by atoms with Crippen LogP contribution in [-0.2, 0) is 0 Å². The van der Waals surface area contributed by atoms with Crippen LogP contribution in [0.5, 0.6) is 0 Å². The Kier molecular flexibility index (Phi) is 3.93. The standard InChI is InChI=1S/C15H15N3O/c1-18(15(16)19)17-11-12-7-9-14(10-8-12)13-5-3-2-4-6-13/h2-11H,1H3,(H2,16,19). The van der Waals surface area contributed by atoms with Gasteiger partial charge in [-0.15, -0.1) is 0 Å². The van der Waals surface area contributed by atoms with Gasteiger partial charge in [-0.05, 0) is 16.7 Å². The fourth-order valence-corrected chi connectivity index (χ4v) is 1.60. The first kappa shape index (κ1) is 12.8. The van der Waals surface area contributed by atoms with Crippen LogP contribution in [0.2, 0.25) is 0 Å². The van der Waals surface area contributed by atoms with Crippen molar-refractivity contribution in [2.24, 2.45) is 10.8 Å². The Morgan fingerprint density at radius 3 is 2.21 bits per heavy atom. The van der Waals surface area contributed by atoms with Gasteiger partial charge in [0.25, 0.3) is 0 Å². The molecule has 0 heterocycles. The number of rotatable bonds is 3. The van der Waals surface area contributed by atoms with E-state index >= 15 is 0 Å². The largest absolute Gasteiger partial charge is 0.350 e. The monoisotopic (exact) mass is 253 g/mol. The molecule has 0 unspecified atom stereocenters. The minimum absolute atomic E-state index is 0.586. The molecule has 19 heavy (non-hydrogen) atoms. The van der Waals surface area contributed by atoms with Crippen LogP contribution in [0.1, 0.15) is 5.56 Å². The average molecular weight is 253 g/mol. The number of amides is 2. The van der Waals surface area contributed by atoms with Crippen molar-refractivity contribution in [3.8, 4) is 11.1 Å². The third kappa shape index (κ3) is 3.42. The summed E-state index contributed by atoms with van der Waals surface area (Å²) in [6.45, 7) is 0. The Labute approximate surface area is 112 Å². The number of hydrogen-bond donors (Lipinski definition) is 1. The number of primary amides is 1. The first-order chi connectivity index (χ1) is 9.16. The molecule has 0 aliphatic heterocycles. The second kappa shape index (κ2) is 5.82. The molecule has 2 rings (SSSR count). The van der Waals surface area contributed by atoms with Gasteiger partial charge in [-0.2, -0.15) is 5.10 Å². The molecule has 2 aromatic rings. The minimum atomic E-state index is -0.586. The fraction of sp³-hybridized carbons (Fsp3) is 0.0667. The molecule has 2 N–H and O–H groups in total. The Hall–Kier alpha value is -2.62. The zero-order chi connectivity index (χ0) is 13.7. The highest BCUT2D eigenvalue weighted by Gasteiger charge is 1.99. The average Bonchev–Trinajstić information content (AvgIpc) is 2.46. The molecule has 0 aromatic heterocycles. The molecule has 0 saturated carbocycles. The third-order valence-electron chi connectivity index (χ3n) is 2.72. The predicted molar refractivity (Wildman–Crippen MR) is 76.8 cm³/mol. The molecule has 0 aliphatic carbocycles. The maximum atomic E-state index is 10.8. The molecule has 0 fully saturated rings. The zero-order valence-electron chi connectivity index (χ0n) is 10.7. The van der Waals surface area contributed by atoms with Crippen LogP contribution in [0.25, 0.3) is 11.1 Å². The maximum Gasteiger partial charge on any atom is 0.334 e. The molecule has 0 saturated heterocycles. The Balaban J connectivity index is 2.13. The van der Waals surface area contributed by atoms with E-state index in [-0.39, 0.29) is 0 Å². The van der Waals surface area contributed by atoms with Crippen LogP contribution in [0, 0.1) is 0 Å². The van der Waals surface area contributed by atoms with E-state index in [1.54, 1.807) is 6.21 Å². The van der Waals surface area contributed by atoms with Crippen molar-refractivity contribution in [2.45, 2.75) is 0 Å². The molecular weight excluding hydrogens is 238 g/mol. The summed E-state index contributed by atoms with van der Waals surface area (Å²) in [6, 6.07) is 17.5. The van der Waals surface area contributed by atoms with Crippen LogP contribution in [0.4, 0.5) is 4.79 Å². The van der Waals surface area contributed by atoms with Gasteiger partial charge in [-0.25, -0.2) is 9.80 Å². The second-order valence-corrected chi connectivity index (χ2v) is 4.09. The van der Waals surface area contributed by atoms with E-state index in [1.165, 1.54) is 12.6 Å². The van der Waals surface area contributed by atoms with Gasteiger partial charge in [0.1, 0.15) is 0 Å². The quantitative estimate of drug-likeness (QED) is 0.663. The summed E-state index contributed by atoms with van der Waals surface area (Å²) >= 11 is 0. The van der Waals surface area contributed by atoms with Gasteiger partial charge in [0, 0.05) is 7.05 Å². The molecule has 0 radical (unpaired) electrons. The Morgan fingerprint density at radius 1 is 1.05 bits per heavy atom. The number of nitrogens with two attached hydrogens (primary N) is 1. The summed E-state index contributed by atoms with van der Waals surface area (Å²) in [6.07, 6.45) is 1.60. The smallest absolute Gasteiger partial charge is 0.334 e. The summed E-state index contributed by atoms with van der Waals surface area (Å²) in [5.74, 6) is 0. The van der Waals surface area contributed by atoms with E-state index in [4.69, 9.17) is 5.73 Å². The van der Waals surface area contributed by atoms with Gasteiger partial charge in [-0.1, -0.05) is 54.6 Å². The maximum absolute atomic E-state index is 10.8. The van der Waals surface area contributed by atoms with Crippen molar-refractivity contribution in [2.75, 3.05) is 7.05 Å². The van der Waals surface area contributed by atoms with E-state index in [2.05, 4.69) is 17.2 Å². The molecule has 0 spiro atoms. The van der Waals surface area contributed by atoms with Crippen molar-refractivity contribution in [3.05, 3.63) is 60.2 Å². The normalized spacial score (nSPS) is 10.6. The number of hydrogen-bond acceptors (Lipinski definition) is 2. The number of carbonyl (C=O) groups excluding carboxylic acids is 1. The van der Waals surface area contributed by atoms with E-state index in [0.29, 0.717) is 0 Å². The number of carbonyl (C=O) groups is 1. The number of urea groups is 1. The van der Waals surface area contributed by atoms with Crippen LogP contribution >= 0.6 is 0 Å². The van der Waals surface area contributed by atoms with Gasteiger partial charge in [0.05, 0.1) is 6.21 Å². The van der Waals surface area contributed by atoms with Gasteiger partial charge in [-0.3, -0.25) is 0 Å². The highest BCUT2D eigenvalue weighted by molar-refractivity contribution is 5.82. The lowest BCUT2D eigenvalue weighted by Crippen LogP contribution is -2.27. The lowest BCUT2D eigenvalue weighted by atomic mass is 10.0. The zero-order valence-corrected chi connectivity index (χ0v) is 10.7. The van der Waals surface area contributed by atoms with Crippen molar-refractivity contribution in [3.63, 3.8) is 0 Å². The van der Waals surface area contributed by atoms with Gasteiger partial charge in [0.15, 0.2) is 0 Å². The van der Waals surface area contributed by atoms with Crippen molar-refractivity contribution >= 4 is 12.2 Å². The highest BCUT2D eigenvalue weighted by atomic mass is 16.2. The second-order valence-electron chi connectivity index (χ2n) is 4.09. The van der Waals surface area contributed by atoms with Gasteiger partial charge >= 0.3 is 6.03 Å². The summed E-state index contributed by atoms with van der Waals surface area (Å²) in [4.78, 5) is 10.8. The lowest BCUT2D eigenvalue weighted by molar-refractivity contribution is 0.220. The predicted octanol–water partition coefficient (Wildman–Crippen LogP) is 2.70. The number of hydrazone groups is 1. The number of benzene rings is 2. The summed E-state index contributed by atoms with van der Waals surface area (Å²) < 4.78 is 0. The van der Waals surface area contributed by atoms with Crippen molar-refractivity contribution < 1.29 is 4.79 Å². The SMILES string of the molecule is CN(N=Cc1ccc(-c2ccccc2)cc1)C(N)=O. The molecule has 4 nitrogen and oxygen atoms in total. The molecule has 96 valence electrons. The molecule has 2 aromatic carbocycles. The minimum Gasteiger partial charge on any atom is -0.350 e. The van der Waals surface area contributed by atoms with Crippen molar-refractivity contribution in [1.82, 2.24) is 5.01 Å². The van der Waals surface area contributed by atoms with Gasteiger partial charge in [0.2, 0.25) is 0 Å². The van der Waals surface area contributed by atoms with E-state index < -0.39 is 6.03 Å². The first-order valence-electron chi connectivity index (χ1n) is 5.89. The highest BCUT2D eigenvalue weighted by Crippen LogP contribution is 2.18. The van der Waals surface area contributed by atoms with Crippen LogP contribution in [0.3, 0.4) is 0 Å². The van der Waals surface area contributed by atoms with Crippen LogP contribution < -0.4 is 5.73 Å². The van der Waals surface area contributed by atoms with Crippen LogP contribution in [0.15, 0.2) is 59.7 Å². The first-order valence-corrected chi connectivity index (χ1v) is 5.89. The van der Waals surface area contributed by atoms with Crippen LogP contribution in [-0.4, -0.2) is 24.3 Å². The third-order valence-corrected chi connectivity index (χ3v) is 2.72. The molecule has 0 atom stereocenters. The van der Waals surface area contributed by atoms with E-state index in [1.807, 2.05) is 42.5 Å². The summed E-state index contributed by atoms with van der Waals surface area (Å²) in [7, 11) is 1.51. The summed E-state index contributed by atoms with van der Waals surface area (Å²) in [5.41, 5.74) is 8.29. The Morgan fingerprint density at radius 2 is 1.63 bits per heavy atom. The molecule has 4 heteroatoms. The molecular formula is C15H15N3O. The molecule has 0 aliphatic rings. The van der Waals surface area contributed by atoms with E-state index in [0.717, 1.165) is 16.1 Å². The topological polar surface area (TPSA) is 58.7 Å². The fourth-order valence-electron chi connectivity index (χ4n) is 1.60. The van der Waals surface area contributed by atoms with E-state index in [9.17, 15) is 4.79 Å². The molecule has 0 bridgehead atoms. The van der Waals surface area contributed by atoms with Gasteiger partial charge < -0.3 is 5.73 Å².